The Morgan fingerprint density at radius 1 is 0.814 bits per heavy atom. The van der Waals surface area contributed by atoms with Crippen molar-refractivity contribution in [3.8, 4) is 56.3 Å². The Morgan fingerprint density at radius 2 is 1.56 bits per heavy atom. The van der Waals surface area contributed by atoms with E-state index in [1.165, 1.54) is 6.20 Å². The third-order valence-electron chi connectivity index (χ3n) is 12.0. The predicted octanol–water partition coefficient (Wildman–Crippen LogP) is 14.3. The van der Waals surface area contributed by atoms with E-state index in [1.54, 1.807) is 36.4 Å². The summed E-state index contributed by atoms with van der Waals surface area (Å²) in [5.74, 6) is 0.718. The number of aromatic hydroxyl groups is 1. The van der Waals surface area contributed by atoms with Crippen LogP contribution in [0, 0.1) is 43.4 Å². The number of imidazole rings is 1. The summed E-state index contributed by atoms with van der Waals surface area (Å²) in [6, 6.07) is 26.8. The Bertz CT molecular complexity index is 3080. The first kappa shape index (κ1) is 30.3. The maximum Gasteiger partial charge on any atom is 0.148 e. The van der Waals surface area contributed by atoms with E-state index < -0.39 is 54.7 Å². The number of benzene rings is 5. The molecule has 2 heterocycles. The minimum Gasteiger partial charge on any atom is -0.507 e. The fourth-order valence-corrected chi connectivity index (χ4v) is 8.53. The summed E-state index contributed by atoms with van der Waals surface area (Å²) in [7, 11) is 0. The molecule has 306 valence electrons. The molecule has 1 fully saturated rings. The minimum absolute atomic E-state index is 0. The summed E-state index contributed by atoms with van der Waals surface area (Å²) >= 11 is 0. The number of rotatable bonds is 8. The predicted molar refractivity (Wildman–Crippen MR) is 243 cm³/mol. The van der Waals surface area contributed by atoms with Crippen LogP contribution in [0.1, 0.15) is 111 Å². The normalized spacial score (nSPS) is 20.4. The number of aryl methyl sites for hydroxylation is 1. The van der Waals surface area contributed by atoms with Gasteiger partial charge in [0.15, 0.2) is 0 Å². The van der Waals surface area contributed by atoms with E-state index in [9.17, 15) is 5.11 Å². The number of phenolic OH excluding ortho intramolecular Hbond substituents is 1. The third kappa shape index (κ3) is 8.62. The molecule has 0 aliphatic heterocycles. The zero-order valence-corrected chi connectivity index (χ0v) is 37.0. The number of para-hydroxylation sites is 2. The molecule has 8 rings (SSSR count). The van der Waals surface area contributed by atoms with Crippen molar-refractivity contribution in [3.63, 3.8) is 0 Å². The number of nitrogens with zero attached hydrogens (tertiary/aromatic N) is 3. The quantitative estimate of drug-likeness (QED) is 0.154. The fraction of sp³-hybridized carbons (Fsp3) is 0.333. The fourth-order valence-electron chi connectivity index (χ4n) is 8.53. The molecule has 3 unspecified atom stereocenters. The van der Waals surface area contributed by atoms with Crippen molar-refractivity contribution in [2.45, 2.75) is 92.8 Å². The van der Waals surface area contributed by atoms with E-state index in [0.717, 1.165) is 30.4 Å². The van der Waals surface area contributed by atoms with Crippen molar-refractivity contribution in [2.75, 3.05) is 0 Å². The van der Waals surface area contributed by atoms with Gasteiger partial charge in [-0.25, -0.2) is 4.98 Å². The molecule has 7 aromatic rings. The average Bonchev–Trinajstić information content (AvgIpc) is 3.66. The number of pyridine rings is 1. The first-order valence-electron chi connectivity index (χ1n) is 25.8. The van der Waals surface area contributed by atoms with Crippen molar-refractivity contribution in [2.24, 2.45) is 23.6 Å². The number of phenols is 1. The van der Waals surface area contributed by atoms with Crippen LogP contribution < -0.4 is 0 Å². The van der Waals surface area contributed by atoms with Gasteiger partial charge in [0, 0.05) is 42.6 Å². The molecule has 4 nitrogen and oxygen atoms in total. The van der Waals surface area contributed by atoms with Gasteiger partial charge in [-0.1, -0.05) is 132 Å². The number of aromatic nitrogens is 3. The second-order valence-corrected chi connectivity index (χ2v) is 17.5. The van der Waals surface area contributed by atoms with Crippen LogP contribution in [0.4, 0.5) is 0 Å². The maximum atomic E-state index is 11.4. The van der Waals surface area contributed by atoms with Gasteiger partial charge in [0.05, 0.1) is 27.8 Å². The average molecular weight is 971 g/mol. The molecule has 0 spiro atoms. The van der Waals surface area contributed by atoms with Crippen LogP contribution in [-0.4, -0.2) is 19.6 Å². The van der Waals surface area contributed by atoms with E-state index in [0.29, 0.717) is 67.9 Å². The summed E-state index contributed by atoms with van der Waals surface area (Å²) in [6.45, 7) is 9.24. The SMILES string of the molecule is [2H]c1c([2H])c(C([2H])([2H])[2H])c([2H])c([2H])c1-c1ccnc(-c2[c-]c(-c3cccc4c3nc(-c3ccccc3O)n4-c3ccc(C4CC(C(C)C)CC(C([2H])(C)C)C4)cc3C([2H])([2H])[2H])cc(C(C)(C)C)c2)c1.[Pt]. The summed E-state index contributed by atoms with van der Waals surface area (Å²) < 4.78 is 95.9. The van der Waals surface area contributed by atoms with Gasteiger partial charge in [0.25, 0.3) is 0 Å². The summed E-state index contributed by atoms with van der Waals surface area (Å²) in [6.07, 6.45) is 4.17. The molecule has 2 aromatic heterocycles. The van der Waals surface area contributed by atoms with Crippen LogP contribution >= 0.6 is 0 Å². The standard InChI is InChI=1S/C54H58N3O.Pt/c1-33(2)40-26-41(34(3)4)28-42(27-40)38-21-22-49(36(6)25-38)57-50-15-12-14-46(52(50)56-53(57)47-13-10-11-16-51(47)58)43-29-44(31-45(30-43)54(7,8)9)48-32-39(23-24-55-48)37-19-17-35(5)18-20-37;/h10-25,30-34,40-42,58H,26-28H2,1-9H3;/q-1;/i5D3,6D3,17D,18D,19D,20D,33D;. The van der Waals surface area contributed by atoms with Crippen molar-refractivity contribution in [1.29, 1.82) is 0 Å². The second kappa shape index (κ2) is 17.1. The van der Waals surface area contributed by atoms with Gasteiger partial charge in [-0.2, -0.15) is 0 Å². The number of fused-ring (bicyclic) bond motifs is 1. The summed E-state index contributed by atoms with van der Waals surface area (Å²) in [5, 5.41) is 11.4. The number of hydrogen-bond acceptors (Lipinski definition) is 3. The monoisotopic (exact) mass is 970 g/mol. The molecule has 1 saturated carbocycles. The number of hydrogen-bond donors (Lipinski definition) is 1. The largest absolute Gasteiger partial charge is 0.507 e. The van der Waals surface area contributed by atoms with Crippen molar-refractivity contribution in [3.05, 3.63) is 144 Å². The smallest absolute Gasteiger partial charge is 0.148 e. The van der Waals surface area contributed by atoms with Crippen LogP contribution in [0.15, 0.2) is 115 Å². The Labute approximate surface area is 381 Å². The Hall–Kier alpha value is -4.79. The molecule has 0 saturated heterocycles. The minimum atomic E-state index is -2.85. The van der Waals surface area contributed by atoms with Gasteiger partial charge >= 0.3 is 0 Å². The topological polar surface area (TPSA) is 50.9 Å². The van der Waals surface area contributed by atoms with Crippen molar-refractivity contribution in [1.82, 2.24) is 14.5 Å². The van der Waals surface area contributed by atoms with E-state index in [2.05, 4.69) is 45.7 Å². The maximum absolute atomic E-state index is 11.4. The van der Waals surface area contributed by atoms with Gasteiger partial charge < -0.3 is 5.11 Å². The van der Waals surface area contributed by atoms with E-state index >= 15 is 0 Å². The zero-order chi connectivity index (χ0) is 50.3. The molecule has 1 aliphatic carbocycles. The second-order valence-electron chi connectivity index (χ2n) is 17.5. The van der Waals surface area contributed by atoms with Crippen molar-refractivity contribution >= 4 is 11.0 Å². The first-order chi connectivity index (χ1) is 32.1. The van der Waals surface area contributed by atoms with Crippen LogP contribution in [-0.2, 0) is 26.5 Å². The molecule has 0 radical (unpaired) electrons. The molecule has 0 bridgehead atoms. The Kier molecular flexibility index (Phi) is 8.75. The van der Waals surface area contributed by atoms with Crippen LogP contribution in [0.25, 0.3) is 61.6 Å². The Morgan fingerprint density at radius 3 is 2.27 bits per heavy atom. The molecule has 5 heteroatoms. The molecule has 0 amide bonds. The molecule has 5 aromatic carbocycles. The molecule has 59 heavy (non-hydrogen) atoms. The molecule has 1 N–H and O–H groups in total. The van der Waals surface area contributed by atoms with Gasteiger partial charge in [0.2, 0.25) is 0 Å². The van der Waals surface area contributed by atoms with Gasteiger partial charge in [0.1, 0.15) is 11.6 Å². The van der Waals surface area contributed by atoms with E-state index in [-0.39, 0.29) is 49.8 Å². The van der Waals surface area contributed by atoms with Gasteiger partial charge in [-0.15, -0.1) is 29.3 Å². The van der Waals surface area contributed by atoms with Crippen molar-refractivity contribution < 1.29 is 41.3 Å². The van der Waals surface area contributed by atoms with Gasteiger partial charge in [-0.3, -0.25) is 9.55 Å². The Balaban J connectivity index is 0.00000722. The molecular weight excluding hydrogens is 902 g/mol. The van der Waals surface area contributed by atoms with E-state index in [1.807, 2.05) is 66.9 Å². The third-order valence-corrected chi connectivity index (χ3v) is 12.0. The van der Waals surface area contributed by atoms with Gasteiger partial charge in [-0.05, 0) is 121 Å². The first-order valence-corrected chi connectivity index (χ1v) is 20.3. The van der Waals surface area contributed by atoms with Crippen LogP contribution in [0.3, 0.4) is 0 Å². The molecule has 1 aliphatic rings. The van der Waals surface area contributed by atoms with Crippen LogP contribution in [0.5, 0.6) is 5.75 Å². The molecule has 3 atom stereocenters. The molecular formula is C54H58N3OPt-. The zero-order valence-electron chi connectivity index (χ0n) is 45.7. The van der Waals surface area contributed by atoms with Crippen LogP contribution in [0.2, 0.25) is 0 Å². The van der Waals surface area contributed by atoms with E-state index in [4.69, 9.17) is 20.1 Å². The summed E-state index contributed by atoms with van der Waals surface area (Å²) in [4.78, 5) is 9.93. The summed E-state index contributed by atoms with van der Waals surface area (Å²) in [5.41, 5.74) is 5.46.